The number of ether oxygens (including phenoxy) is 2. The van der Waals surface area contributed by atoms with E-state index in [1.807, 2.05) is 18.2 Å². The third-order valence-corrected chi connectivity index (χ3v) is 4.05. The summed E-state index contributed by atoms with van der Waals surface area (Å²) in [6.45, 7) is 5.36. The molecule has 0 spiro atoms. The minimum atomic E-state index is -0.778. The van der Waals surface area contributed by atoms with Gasteiger partial charge in [0.15, 0.2) is 11.5 Å². The number of benzene rings is 1. The van der Waals surface area contributed by atoms with Crippen LogP contribution in [0.3, 0.4) is 0 Å². The molecule has 5 heteroatoms. The van der Waals surface area contributed by atoms with Crippen molar-refractivity contribution in [2.75, 3.05) is 25.2 Å². The largest absolute Gasteiger partial charge is 0.486 e. The first-order valence-corrected chi connectivity index (χ1v) is 8.24. The van der Waals surface area contributed by atoms with Crippen LogP contribution < -0.4 is 14.8 Å². The molecule has 1 aromatic rings. The van der Waals surface area contributed by atoms with E-state index in [1.165, 1.54) is 0 Å². The van der Waals surface area contributed by atoms with Crippen LogP contribution in [-0.2, 0) is 10.8 Å². The van der Waals surface area contributed by atoms with E-state index in [9.17, 15) is 4.21 Å². The topological polar surface area (TPSA) is 47.6 Å². The zero-order valence-corrected chi connectivity index (χ0v) is 12.5. The zero-order chi connectivity index (χ0) is 13.8. The second kappa shape index (κ2) is 6.39. The lowest BCUT2D eigenvalue weighted by Crippen LogP contribution is -2.33. The van der Waals surface area contributed by atoms with Crippen molar-refractivity contribution in [1.82, 2.24) is 5.32 Å². The Balaban J connectivity index is 2.02. The van der Waals surface area contributed by atoms with Crippen LogP contribution in [0.5, 0.6) is 11.5 Å². The van der Waals surface area contributed by atoms with Gasteiger partial charge in [-0.05, 0) is 31.5 Å². The lowest BCUT2D eigenvalue weighted by Gasteiger charge is -2.23. The highest BCUT2D eigenvalue weighted by atomic mass is 32.2. The lowest BCUT2D eigenvalue weighted by atomic mass is 10.1. The minimum Gasteiger partial charge on any atom is -0.486 e. The van der Waals surface area contributed by atoms with Gasteiger partial charge in [-0.1, -0.05) is 6.07 Å². The first kappa shape index (κ1) is 14.3. The predicted molar refractivity (Wildman–Crippen MR) is 77.4 cm³/mol. The molecule has 2 rings (SSSR count). The van der Waals surface area contributed by atoms with Gasteiger partial charge in [-0.15, -0.1) is 0 Å². The van der Waals surface area contributed by atoms with E-state index < -0.39 is 10.8 Å². The summed E-state index contributed by atoms with van der Waals surface area (Å²) in [6.07, 6.45) is 1.73. The van der Waals surface area contributed by atoms with Gasteiger partial charge in [-0.2, -0.15) is 0 Å². The molecular weight excluding hydrogens is 262 g/mol. The fourth-order valence-electron chi connectivity index (χ4n) is 2.25. The molecule has 3 unspecified atom stereocenters. The fourth-order valence-corrected chi connectivity index (χ4v) is 3.05. The van der Waals surface area contributed by atoms with E-state index in [1.54, 1.807) is 6.26 Å². The highest BCUT2D eigenvalue weighted by Gasteiger charge is 2.15. The molecule has 1 aliphatic rings. The van der Waals surface area contributed by atoms with Crippen molar-refractivity contribution < 1.29 is 13.7 Å². The van der Waals surface area contributed by atoms with Gasteiger partial charge in [0.2, 0.25) is 0 Å². The van der Waals surface area contributed by atoms with Gasteiger partial charge in [-0.3, -0.25) is 4.21 Å². The molecule has 1 aliphatic heterocycles. The van der Waals surface area contributed by atoms with Crippen LogP contribution in [0.25, 0.3) is 0 Å². The number of nitrogens with one attached hydrogen (secondary N) is 1. The van der Waals surface area contributed by atoms with E-state index in [2.05, 4.69) is 19.2 Å². The number of rotatable bonds is 5. The average molecular weight is 283 g/mol. The molecule has 0 saturated heterocycles. The second-order valence-corrected chi connectivity index (χ2v) is 6.41. The Bertz CT molecular complexity index is 464. The molecule has 0 bridgehead atoms. The standard InChI is InChI=1S/C14H21NO3S/c1-10(9-19(3)16)15-11(2)12-4-5-13-14(8-12)18-7-6-17-13/h4-5,8,10-11,15H,6-7,9H2,1-3H3. The molecule has 0 radical (unpaired) electrons. The molecule has 1 N–H and O–H groups in total. The van der Waals surface area contributed by atoms with Crippen molar-refractivity contribution in [3.63, 3.8) is 0 Å². The van der Waals surface area contributed by atoms with Crippen molar-refractivity contribution in [2.24, 2.45) is 0 Å². The normalized spacial score (nSPS) is 18.7. The van der Waals surface area contributed by atoms with E-state index in [-0.39, 0.29) is 12.1 Å². The SMILES string of the molecule is CC(CS(C)=O)NC(C)c1ccc2c(c1)OCCO2. The number of fused-ring (bicyclic) bond motifs is 1. The van der Waals surface area contributed by atoms with Crippen molar-refractivity contribution in [1.29, 1.82) is 0 Å². The second-order valence-electron chi connectivity index (χ2n) is 4.93. The monoisotopic (exact) mass is 283 g/mol. The average Bonchev–Trinajstić information content (AvgIpc) is 2.37. The minimum absolute atomic E-state index is 0.189. The molecule has 3 atom stereocenters. The van der Waals surface area contributed by atoms with E-state index in [0.29, 0.717) is 19.0 Å². The Morgan fingerprint density at radius 3 is 2.63 bits per heavy atom. The zero-order valence-electron chi connectivity index (χ0n) is 11.6. The molecule has 1 aromatic carbocycles. The highest BCUT2D eigenvalue weighted by molar-refractivity contribution is 7.84. The van der Waals surface area contributed by atoms with Crippen LogP contribution in [0.2, 0.25) is 0 Å². The summed E-state index contributed by atoms with van der Waals surface area (Å²) in [6, 6.07) is 6.41. The van der Waals surface area contributed by atoms with Gasteiger partial charge in [-0.25, -0.2) is 0 Å². The molecule has 106 valence electrons. The Hall–Kier alpha value is -1.07. The summed E-state index contributed by atoms with van der Waals surface area (Å²) < 4.78 is 22.3. The van der Waals surface area contributed by atoms with Gasteiger partial charge in [0.25, 0.3) is 0 Å². The van der Waals surface area contributed by atoms with E-state index >= 15 is 0 Å². The summed E-state index contributed by atoms with van der Waals surface area (Å²) in [7, 11) is -0.778. The molecule has 0 fully saturated rings. The first-order valence-electron chi connectivity index (χ1n) is 6.52. The van der Waals surface area contributed by atoms with Crippen LogP contribution in [0, 0.1) is 0 Å². The van der Waals surface area contributed by atoms with Crippen LogP contribution >= 0.6 is 0 Å². The summed E-state index contributed by atoms with van der Waals surface area (Å²) in [5.41, 5.74) is 1.15. The van der Waals surface area contributed by atoms with Gasteiger partial charge >= 0.3 is 0 Å². The fraction of sp³-hybridized carbons (Fsp3) is 0.571. The molecule has 1 heterocycles. The Morgan fingerprint density at radius 1 is 1.26 bits per heavy atom. The smallest absolute Gasteiger partial charge is 0.161 e. The summed E-state index contributed by atoms with van der Waals surface area (Å²) in [5.74, 6) is 2.28. The van der Waals surface area contributed by atoms with Gasteiger partial charge in [0, 0.05) is 34.9 Å². The summed E-state index contributed by atoms with van der Waals surface area (Å²) >= 11 is 0. The molecular formula is C14H21NO3S. The van der Waals surface area contributed by atoms with E-state index in [0.717, 1.165) is 17.1 Å². The molecule has 19 heavy (non-hydrogen) atoms. The van der Waals surface area contributed by atoms with Crippen LogP contribution in [0.15, 0.2) is 18.2 Å². The van der Waals surface area contributed by atoms with E-state index in [4.69, 9.17) is 9.47 Å². The third kappa shape index (κ3) is 3.94. The van der Waals surface area contributed by atoms with Crippen molar-refractivity contribution in [3.8, 4) is 11.5 Å². The molecule has 0 amide bonds. The van der Waals surface area contributed by atoms with Crippen LogP contribution in [0.1, 0.15) is 25.5 Å². The Morgan fingerprint density at radius 2 is 1.95 bits per heavy atom. The predicted octanol–water partition coefficient (Wildman–Crippen LogP) is 1.88. The quantitative estimate of drug-likeness (QED) is 0.896. The third-order valence-electron chi connectivity index (χ3n) is 3.09. The van der Waals surface area contributed by atoms with Gasteiger partial charge in [0.1, 0.15) is 13.2 Å². The van der Waals surface area contributed by atoms with Crippen molar-refractivity contribution in [3.05, 3.63) is 23.8 Å². The Kier molecular flexibility index (Phi) is 4.82. The van der Waals surface area contributed by atoms with Crippen LogP contribution in [0.4, 0.5) is 0 Å². The number of hydrogen-bond acceptors (Lipinski definition) is 4. The summed E-state index contributed by atoms with van der Waals surface area (Å²) in [5, 5.41) is 3.44. The van der Waals surface area contributed by atoms with Gasteiger partial charge < -0.3 is 14.8 Å². The van der Waals surface area contributed by atoms with Crippen molar-refractivity contribution in [2.45, 2.75) is 25.9 Å². The molecule has 0 aromatic heterocycles. The van der Waals surface area contributed by atoms with Crippen LogP contribution in [-0.4, -0.2) is 35.5 Å². The number of hydrogen-bond donors (Lipinski definition) is 1. The summed E-state index contributed by atoms with van der Waals surface area (Å²) in [4.78, 5) is 0. The maximum Gasteiger partial charge on any atom is 0.161 e. The lowest BCUT2D eigenvalue weighted by molar-refractivity contribution is 0.171. The van der Waals surface area contributed by atoms with Gasteiger partial charge in [0.05, 0.1) is 0 Å². The molecule has 0 saturated carbocycles. The van der Waals surface area contributed by atoms with Crippen molar-refractivity contribution >= 4 is 10.8 Å². The highest BCUT2D eigenvalue weighted by Crippen LogP contribution is 2.32. The first-order chi connectivity index (χ1) is 9.06. The maximum atomic E-state index is 11.2. The molecule has 4 nitrogen and oxygen atoms in total. The Labute approximate surface area is 116 Å². The maximum absolute atomic E-state index is 11.2. The molecule has 0 aliphatic carbocycles.